The molecule has 2 rings (SSSR count). The molecule has 0 aromatic heterocycles. The highest BCUT2D eigenvalue weighted by atomic mass is 16.6. The van der Waals surface area contributed by atoms with Crippen LogP contribution in [-0.2, 0) is 19.7 Å². The summed E-state index contributed by atoms with van der Waals surface area (Å²) in [5.41, 5.74) is -1.33. The van der Waals surface area contributed by atoms with Crippen molar-refractivity contribution in [3.05, 3.63) is 63.2 Å². The van der Waals surface area contributed by atoms with E-state index in [9.17, 15) is 19.7 Å². The van der Waals surface area contributed by atoms with E-state index in [0.717, 1.165) is 6.07 Å². The van der Waals surface area contributed by atoms with Crippen molar-refractivity contribution in [3.8, 4) is 17.6 Å². The lowest BCUT2D eigenvalue weighted by molar-refractivity contribution is -0.385. The summed E-state index contributed by atoms with van der Waals surface area (Å²) in [4.78, 5) is 37.7. The van der Waals surface area contributed by atoms with Crippen molar-refractivity contribution >= 4 is 17.4 Å². The number of nitriles is 1. The van der Waals surface area contributed by atoms with E-state index < -0.39 is 33.7 Å². The fourth-order valence-electron chi connectivity index (χ4n) is 3.53. The van der Waals surface area contributed by atoms with Crippen molar-refractivity contribution in [1.82, 2.24) is 0 Å². The van der Waals surface area contributed by atoms with Crippen LogP contribution in [0.3, 0.4) is 0 Å². The van der Waals surface area contributed by atoms with Crippen LogP contribution in [0.5, 0.6) is 11.5 Å². The number of ether oxygens (including phenoxy) is 3. The van der Waals surface area contributed by atoms with Crippen LogP contribution in [0.4, 0.5) is 5.69 Å². The lowest BCUT2D eigenvalue weighted by Crippen LogP contribution is -2.38. The summed E-state index contributed by atoms with van der Waals surface area (Å²) in [6.45, 7) is 8.55. The van der Waals surface area contributed by atoms with Crippen LogP contribution in [0.1, 0.15) is 57.2 Å². The van der Waals surface area contributed by atoms with Crippen LogP contribution in [0.2, 0.25) is 0 Å². The predicted octanol–water partition coefficient (Wildman–Crippen LogP) is 4.46. The molecule has 9 heteroatoms. The number of rotatable bonds is 10. The van der Waals surface area contributed by atoms with Gasteiger partial charge in [0.05, 0.1) is 41.9 Å². The van der Waals surface area contributed by atoms with E-state index >= 15 is 0 Å². The minimum atomic E-state index is -1.57. The second-order valence-electron chi connectivity index (χ2n) is 8.35. The molecule has 0 aliphatic carbocycles. The molecule has 9 nitrogen and oxygen atoms in total. The van der Waals surface area contributed by atoms with Crippen LogP contribution in [0, 0.1) is 21.4 Å². The van der Waals surface area contributed by atoms with Crippen molar-refractivity contribution in [3.63, 3.8) is 0 Å². The van der Waals surface area contributed by atoms with Gasteiger partial charge in [-0.3, -0.25) is 19.7 Å². The number of nitrogens with zero attached hydrogens (tertiary/aromatic N) is 2. The highest BCUT2D eigenvalue weighted by molar-refractivity contribution is 6.09. The number of carbonyl (C=O) groups excluding carboxylic acids is 2. The summed E-state index contributed by atoms with van der Waals surface area (Å²) < 4.78 is 16.3. The molecule has 0 heterocycles. The van der Waals surface area contributed by atoms with E-state index in [4.69, 9.17) is 19.5 Å². The second kappa shape index (κ2) is 10.8. The number of hydrogen-bond donors (Lipinski definition) is 0. The number of ketones is 1. The second-order valence-corrected chi connectivity index (χ2v) is 8.35. The summed E-state index contributed by atoms with van der Waals surface area (Å²) >= 11 is 0. The number of esters is 1. The molecule has 0 spiro atoms. The smallest absolute Gasteiger partial charge is 0.321 e. The Labute approximate surface area is 198 Å². The molecule has 0 N–H and O–H groups in total. The van der Waals surface area contributed by atoms with E-state index in [2.05, 4.69) is 0 Å². The molecule has 0 aliphatic rings. The Kier molecular flexibility index (Phi) is 8.36. The number of nitro groups is 1. The first-order chi connectivity index (χ1) is 16.0. The van der Waals surface area contributed by atoms with Gasteiger partial charge in [-0.05, 0) is 64.4 Å². The van der Waals surface area contributed by atoms with Gasteiger partial charge < -0.3 is 14.2 Å². The number of carbonyl (C=O) groups is 2. The number of methoxy groups -OCH3 is 1. The molecule has 0 fully saturated rings. The summed E-state index contributed by atoms with van der Waals surface area (Å²) in [6, 6.07) is 10.5. The summed E-state index contributed by atoms with van der Waals surface area (Å²) in [5.74, 6) is -2.17. The van der Waals surface area contributed by atoms with Crippen LogP contribution >= 0.6 is 0 Å². The molecule has 180 valence electrons. The predicted molar refractivity (Wildman–Crippen MR) is 124 cm³/mol. The normalized spacial score (nSPS) is 11.9. The molecule has 0 amide bonds. The molecular formula is C25H28N2O7. The van der Waals surface area contributed by atoms with Crippen LogP contribution < -0.4 is 9.47 Å². The highest BCUT2D eigenvalue weighted by Crippen LogP contribution is 2.39. The van der Waals surface area contributed by atoms with Gasteiger partial charge in [0.15, 0.2) is 17.3 Å². The van der Waals surface area contributed by atoms with Gasteiger partial charge in [-0.15, -0.1) is 0 Å². The van der Waals surface area contributed by atoms with Gasteiger partial charge in [0.2, 0.25) is 0 Å². The van der Waals surface area contributed by atoms with Gasteiger partial charge in [-0.1, -0.05) is 6.07 Å². The zero-order chi connectivity index (χ0) is 25.6. The Morgan fingerprint density at radius 3 is 2.35 bits per heavy atom. The molecule has 34 heavy (non-hydrogen) atoms. The Balaban J connectivity index is 2.64. The molecule has 0 saturated carbocycles. The van der Waals surface area contributed by atoms with Gasteiger partial charge in [0.25, 0.3) is 5.69 Å². The van der Waals surface area contributed by atoms with Crippen molar-refractivity contribution in [2.24, 2.45) is 0 Å². The maximum atomic E-state index is 13.8. The van der Waals surface area contributed by atoms with E-state index in [0.29, 0.717) is 17.1 Å². The maximum absolute atomic E-state index is 13.8. The first kappa shape index (κ1) is 26.3. The Hall–Kier alpha value is -3.93. The molecule has 2 aromatic rings. The van der Waals surface area contributed by atoms with Gasteiger partial charge >= 0.3 is 5.97 Å². The minimum Gasteiger partial charge on any atom is -0.493 e. The average Bonchev–Trinajstić information content (AvgIpc) is 2.79. The molecular weight excluding hydrogens is 440 g/mol. The van der Waals surface area contributed by atoms with Crippen molar-refractivity contribution in [1.29, 1.82) is 5.26 Å². The minimum absolute atomic E-state index is 0.0117. The summed E-state index contributed by atoms with van der Waals surface area (Å²) in [7, 11) is 1.47. The number of nitro benzene ring substituents is 1. The lowest BCUT2D eigenvalue weighted by Gasteiger charge is -2.29. The van der Waals surface area contributed by atoms with Crippen LogP contribution in [0.15, 0.2) is 36.4 Å². The third-order valence-corrected chi connectivity index (χ3v) is 5.32. The van der Waals surface area contributed by atoms with E-state index in [-0.39, 0.29) is 23.8 Å². The van der Waals surface area contributed by atoms with Crippen molar-refractivity contribution in [2.75, 3.05) is 13.7 Å². The maximum Gasteiger partial charge on any atom is 0.321 e. The molecule has 0 aliphatic heterocycles. The molecule has 0 bridgehead atoms. The number of hydrogen-bond acceptors (Lipinski definition) is 8. The first-order valence-electron chi connectivity index (χ1n) is 10.7. The third-order valence-electron chi connectivity index (χ3n) is 5.32. The van der Waals surface area contributed by atoms with E-state index in [1.165, 1.54) is 19.2 Å². The van der Waals surface area contributed by atoms with Gasteiger partial charge in [-0.25, -0.2) is 0 Å². The monoisotopic (exact) mass is 468 g/mol. The van der Waals surface area contributed by atoms with Crippen LogP contribution in [0.25, 0.3) is 0 Å². The molecule has 0 saturated heterocycles. The quantitative estimate of drug-likeness (QED) is 0.216. The topological polar surface area (TPSA) is 129 Å². The SMILES string of the molecule is CCOC(=O)C(C(=O)C(C)(C)c1ccc(OC(C)C)c(OC)c1)c1ccc(C#N)cc1[N+](=O)[O-]. The van der Waals surface area contributed by atoms with Gasteiger partial charge in [0.1, 0.15) is 5.92 Å². The van der Waals surface area contributed by atoms with Crippen molar-refractivity contribution < 1.29 is 28.7 Å². The van der Waals surface area contributed by atoms with Gasteiger partial charge in [-0.2, -0.15) is 5.26 Å². The van der Waals surface area contributed by atoms with Crippen LogP contribution in [-0.4, -0.2) is 36.5 Å². The zero-order valence-electron chi connectivity index (χ0n) is 20.1. The Bertz CT molecular complexity index is 1130. The number of benzene rings is 2. The Morgan fingerprint density at radius 1 is 1.15 bits per heavy atom. The largest absolute Gasteiger partial charge is 0.493 e. The molecule has 1 atom stereocenters. The zero-order valence-corrected chi connectivity index (χ0v) is 20.1. The van der Waals surface area contributed by atoms with E-state index in [1.54, 1.807) is 39.0 Å². The first-order valence-corrected chi connectivity index (χ1v) is 10.7. The van der Waals surface area contributed by atoms with Gasteiger partial charge in [0, 0.05) is 11.5 Å². The molecule has 2 aromatic carbocycles. The standard InChI is InChI=1S/C25H28N2O7/c1-7-33-24(29)22(18-10-8-16(14-26)12-19(18)27(30)31)23(28)25(4,5)17-9-11-20(34-15(2)3)21(13-17)32-6/h8-13,15,22H,7H2,1-6H3. The molecule has 0 radical (unpaired) electrons. The number of Topliss-reactive ketones (excluding diaryl/α,β-unsaturated/α-hetero) is 1. The summed E-state index contributed by atoms with van der Waals surface area (Å²) in [5, 5.41) is 20.9. The molecule has 1 unspecified atom stereocenters. The summed E-state index contributed by atoms with van der Waals surface area (Å²) in [6.07, 6.45) is -0.0977. The fraction of sp³-hybridized carbons (Fsp3) is 0.400. The average molecular weight is 469 g/mol. The Morgan fingerprint density at radius 2 is 1.82 bits per heavy atom. The highest BCUT2D eigenvalue weighted by Gasteiger charge is 2.43. The van der Waals surface area contributed by atoms with E-state index in [1.807, 2.05) is 19.9 Å². The lowest BCUT2D eigenvalue weighted by atomic mass is 9.73. The fourth-order valence-corrected chi connectivity index (χ4v) is 3.53. The van der Waals surface area contributed by atoms with Crippen molar-refractivity contribution in [2.45, 2.75) is 52.1 Å². The third kappa shape index (κ3) is 5.52.